The van der Waals surface area contributed by atoms with E-state index in [4.69, 9.17) is 5.73 Å². The van der Waals surface area contributed by atoms with Crippen LogP contribution in [0.4, 0.5) is 0 Å². The lowest BCUT2D eigenvalue weighted by Crippen LogP contribution is -2.20. The second-order valence-electron chi connectivity index (χ2n) is 4.55. The Kier molecular flexibility index (Phi) is 1.79. The van der Waals surface area contributed by atoms with Crippen LogP contribution in [0, 0.1) is 0 Å². The lowest BCUT2D eigenvalue weighted by molar-refractivity contribution is 0.241. The third-order valence-corrected chi connectivity index (χ3v) is 3.58. The maximum atomic E-state index is 9.87. The van der Waals surface area contributed by atoms with Crippen molar-refractivity contribution in [3.8, 4) is 0 Å². The first-order valence-electron chi connectivity index (χ1n) is 5.48. The number of hydrogen-bond acceptors (Lipinski definition) is 2. The Balaban J connectivity index is 2.12. The molecule has 78 valence electrons. The number of aliphatic hydroxyl groups excluding tert-OH is 1. The SMILES string of the molecule is NCC(O)C1=CC2(CC2)c2ccccc21. The van der Waals surface area contributed by atoms with Crippen molar-refractivity contribution < 1.29 is 5.11 Å². The van der Waals surface area contributed by atoms with Crippen molar-refractivity contribution >= 4 is 5.57 Å². The zero-order valence-electron chi connectivity index (χ0n) is 8.61. The molecule has 2 heteroatoms. The molecule has 0 heterocycles. The molecule has 2 nitrogen and oxygen atoms in total. The fraction of sp³-hybridized carbons (Fsp3) is 0.385. The van der Waals surface area contributed by atoms with Crippen LogP contribution in [-0.2, 0) is 5.41 Å². The molecule has 1 atom stereocenters. The Morgan fingerprint density at radius 3 is 2.73 bits per heavy atom. The molecule has 2 aliphatic rings. The maximum absolute atomic E-state index is 9.87. The fourth-order valence-electron chi connectivity index (χ4n) is 2.57. The Morgan fingerprint density at radius 1 is 1.33 bits per heavy atom. The van der Waals surface area contributed by atoms with E-state index in [9.17, 15) is 5.11 Å². The summed E-state index contributed by atoms with van der Waals surface area (Å²) in [5.74, 6) is 0. The van der Waals surface area contributed by atoms with Gasteiger partial charge < -0.3 is 10.8 Å². The van der Waals surface area contributed by atoms with Gasteiger partial charge in [0.15, 0.2) is 0 Å². The van der Waals surface area contributed by atoms with E-state index in [0.717, 1.165) is 5.57 Å². The highest BCUT2D eigenvalue weighted by Crippen LogP contribution is 2.57. The second-order valence-corrected chi connectivity index (χ2v) is 4.55. The average Bonchev–Trinajstić information content (AvgIpc) is 2.98. The van der Waals surface area contributed by atoms with Gasteiger partial charge in [-0.25, -0.2) is 0 Å². The first-order valence-corrected chi connectivity index (χ1v) is 5.48. The van der Waals surface area contributed by atoms with Crippen molar-refractivity contribution in [2.24, 2.45) is 5.73 Å². The summed E-state index contributed by atoms with van der Waals surface area (Å²) in [6, 6.07) is 8.37. The molecule has 1 fully saturated rings. The number of aliphatic hydroxyl groups is 1. The third-order valence-electron chi connectivity index (χ3n) is 3.58. The highest BCUT2D eigenvalue weighted by Gasteiger charge is 2.48. The Labute approximate surface area is 89.4 Å². The summed E-state index contributed by atoms with van der Waals surface area (Å²) < 4.78 is 0. The average molecular weight is 201 g/mol. The highest BCUT2D eigenvalue weighted by atomic mass is 16.3. The Morgan fingerprint density at radius 2 is 2.07 bits per heavy atom. The fourth-order valence-corrected chi connectivity index (χ4v) is 2.57. The first-order chi connectivity index (χ1) is 7.27. The molecule has 0 radical (unpaired) electrons. The molecule has 3 N–H and O–H groups in total. The minimum atomic E-state index is -0.508. The molecule has 0 amide bonds. The van der Waals surface area contributed by atoms with Crippen LogP contribution in [0.15, 0.2) is 30.3 Å². The van der Waals surface area contributed by atoms with E-state index in [1.165, 1.54) is 24.0 Å². The number of nitrogens with two attached hydrogens (primary N) is 1. The molecule has 2 aliphatic carbocycles. The molecule has 15 heavy (non-hydrogen) atoms. The monoisotopic (exact) mass is 201 g/mol. The molecule has 3 rings (SSSR count). The molecule has 1 spiro atoms. The normalized spacial score (nSPS) is 22.4. The summed E-state index contributed by atoms with van der Waals surface area (Å²) in [5, 5.41) is 9.87. The van der Waals surface area contributed by atoms with Crippen LogP contribution < -0.4 is 5.73 Å². The summed E-state index contributed by atoms with van der Waals surface area (Å²) in [6.07, 6.45) is 4.15. The minimum absolute atomic E-state index is 0.252. The van der Waals surface area contributed by atoms with Gasteiger partial charge in [0, 0.05) is 12.0 Å². The van der Waals surface area contributed by atoms with Gasteiger partial charge >= 0.3 is 0 Å². The summed E-state index contributed by atoms with van der Waals surface area (Å²) in [4.78, 5) is 0. The van der Waals surface area contributed by atoms with E-state index in [-0.39, 0.29) is 5.41 Å². The summed E-state index contributed by atoms with van der Waals surface area (Å²) in [5.41, 5.74) is 9.40. The van der Waals surface area contributed by atoms with Gasteiger partial charge in [-0.15, -0.1) is 0 Å². The van der Waals surface area contributed by atoms with Crippen LogP contribution in [0.25, 0.3) is 5.57 Å². The van der Waals surface area contributed by atoms with Crippen molar-refractivity contribution in [2.75, 3.05) is 6.54 Å². The molecular formula is C13H15NO. The van der Waals surface area contributed by atoms with Gasteiger partial charge in [0.1, 0.15) is 0 Å². The van der Waals surface area contributed by atoms with Crippen LogP contribution in [0.3, 0.4) is 0 Å². The number of benzene rings is 1. The number of allylic oxidation sites excluding steroid dienone is 1. The van der Waals surface area contributed by atoms with Gasteiger partial charge in [-0.2, -0.15) is 0 Å². The number of hydrogen-bond donors (Lipinski definition) is 2. The van der Waals surface area contributed by atoms with Gasteiger partial charge in [0.05, 0.1) is 6.10 Å². The molecule has 0 saturated heterocycles. The van der Waals surface area contributed by atoms with Crippen molar-refractivity contribution in [1.82, 2.24) is 0 Å². The standard InChI is InChI=1S/C13H15NO/c14-8-12(15)10-7-13(5-6-13)11-4-2-1-3-9(10)11/h1-4,7,12,15H,5-6,8,14H2. The van der Waals surface area contributed by atoms with Gasteiger partial charge in [-0.1, -0.05) is 30.3 Å². The molecule has 1 aromatic rings. The maximum Gasteiger partial charge on any atom is 0.0915 e. The lowest BCUT2D eigenvalue weighted by atomic mass is 9.97. The topological polar surface area (TPSA) is 46.2 Å². The van der Waals surface area contributed by atoms with Gasteiger partial charge in [-0.3, -0.25) is 0 Å². The van der Waals surface area contributed by atoms with E-state index in [1.807, 2.05) is 6.07 Å². The number of fused-ring (bicyclic) bond motifs is 2. The predicted molar refractivity (Wildman–Crippen MR) is 60.4 cm³/mol. The third kappa shape index (κ3) is 1.18. The zero-order valence-corrected chi connectivity index (χ0v) is 8.61. The highest BCUT2D eigenvalue weighted by molar-refractivity contribution is 5.80. The predicted octanol–water partition coefficient (Wildman–Crippen LogP) is 1.43. The Bertz CT molecular complexity index is 432. The van der Waals surface area contributed by atoms with Crippen LogP contribution in [0.2, 0.25) is 0 Å². The smallest absolute Gasteiger partial charge is 0.0915 e. The summed E-state index contributed by atoms with van der Waals surface area (Å²) in [7, 11) is 0. The molecule has 1 unspecified atom stereocenters. The summed E-state index contributed by atoms with van der Waals surface area (Å²) >= 11 is 0. The van der Waals surface area contributed by atoms with E-state index in [1.54, 1.807) is 0 Å². The lowest BCUT2D eigenvalue weighted by Gasteiger charge is -2.10. The molecule has 0 aliphatic heterocycles. The largest absolute Gasteiger partial charge is 0.387 e. The van der Waals surface area contributed by atoms with Crippen molar-refractivity contribution in [3.05, 3.63) is 41.5 Å². The second kappa shape index (κ2) is 2.94. The Hall–Kier alpha value is -1.12. The van der Waals surface area contributed by atoms with Crippen LogP contribution in [-0.4, -0.2) is 17.8 Å². The van der Waals surface area contributed by atoms with Crippen LogP contribution >= 0.6 is 0 Å². The molecular weight excluding hydrogens is 186 g/mol. The van der Waals surface area contributed by atoms with E-state index >= 15 is 0 Å². The van der Waals surface area contributed by atoms with Crippen molar-refractivity contribution in [3.63, 3.8) is 0 Å². The van der Waals surface area contributed by atoms with E-state index in [2.05, 4.69) is 24.3 Å². The van der Waals surface area contributed by atoms with Gasteiger partial charge in [0.25, 0.3) is 0 Å². The molecule has 0 aromatic heterocycles. The molecule has 1 saturated carbocycles. The van der Waals surface area contributed by atoms with Gasteiger partial charge in [0.2, 0.25) is 0 Å². The van der Waals surface area contributed by atoms with Crippen LogP contribution in [0.1, 0.15) is 24.0 Å². The van der Waals surface area contributed by atoms with Crippen molar-refractivity contribution in [2.45, 2.75) is 24.4 Å². The first kappa shape index (κ1) is 9.13. The molecule has 0 bridgehead atoms. The zero-order chi connectivity index (χ0) is 10.5. The molecule has 1 aromatic carbocycles. The quantitative estimate of drug-likeness (QED) is 0.760. The van der Waals surface area contributed by atoms with Crippen molar-refractivity contribution in [1.29, 1.82) is 0 Å². The number of rotatable bonds is 2. The van der Waals surface area contributed by atoms with Crippen LogP contribution in [0.5, 0.6) is 0 Å². The van der Waals surface area contributed by atoms with E-state index in [0.29, 0.717) is 6.54 Å². The summed E-state index contributed by atoms with van der Waals surface area (Å²) in [6.45, 7) is 0.302. The van der Waals surface area contributed by atoms with Gasteiger partial charge in [-0.05, 0) is 29.5 Å². The van der Waals surface area contributed by atoms with E-state index < -0.39 is 6.10 Å². The minimum Gasteiger partial charge on any atom is -0.387 e.